The van der Waals surface area contributed by atoms with E-state index in [2.05, 4.69) is 9.72 Å². The van der Waals surface area contributed by atoms with Crippen LogP contribution in [0.5, 0.6) is 0 Å². The number of nitrogens with zero attached hydrogens (tertiary/aromatic N) is 1. The SMILES string of the molecule is COC(=O)c1csc2c(C(F)(F)F)cc(Sc3ccccc3N)nc12. The Bertz CT molecular complexity index is 954. The number of hydrogen-bond donors (Lipinski definition) is 1. The Kier molecular flexibility index (Phi) is 4.61. The summed E-state index contributed by atoms with van der Waals surface area (Å²) in [4.78, 5) is 16.6. The Morgan fingerprint density at radius 3 is 2.68 bits per heavy atom. The minimum atomic E-state index is -4.57. The average Bonchev–Trinajstić information content (AvgIpc) is 2.98. The third kappa shape index (κ3) is 3.42. The first-order chi connectivity index (χ1) is 11.8. The molecule has 0 fully saturated rings. The number of nitrogen functional groups attached to an aromatic ring is 1. The largest absolute Gasteiger partial charge is 0.465 e. The number of halogens is 3. The second kappa shape index (κ2) is 6.57. The quantitative estimate of drug-likeness (QED) is 0.517. The van der Waals surface area contributed by atoms with Crippen molar-refractivity contribution in [3.05, 3.63) is 46.8 Å². The number of carbonyl (C=O) groups is 1. The lowest BCUT2D eigenvalue weighted by Gasteiger charge is -2.11. The first-order valence-corrected chi connectivity index (χ1v) is 8.61. The molecule has 0 saturated carbocycles. The van der Waals surface area contributed by atoms with Crippen molar-refractivity contribution in [2.75, 3.05) is 12.8 Å². The van der Waals surface area contributed by atoms with E-state index >= 15 is 0 Å². The molecule has 1 aromatic carbocycles. The highest BCUT2D eigenvalue weighted by atomic mass is 32.2. The fourth-order valence-corrected chi connectivity index (χ4v) is 4.07. The van der Waals surface area contributed by atoms with E-state index in [1.165, 1.54) is 12.5 Å². The number of pyridine rings is 1. The van der Waals surface area contributed by atoms with Gasteiger partial charge in [-0.2, -0.15) is 13.2 Å². The molecule has 0 bridgehead atoms. The summed E-state index contributed by atoms with van der Waals surface area (Å²) >= 11 is 1.82. The molecule has 3 aromatic rings. The topological polar surface area (TPSA) is 65.2 Å². The van der Waals surface area contributed by atoms with E-state index in [-0.39, 0.29) is 20.8 Å². The van der Waals surface area contributed by atoms with E-state index in [0.29, 0.717) is 10.6 Å². The summed E-state index contributed by atoms with van der Waals surface area (Å²) < 4.78 is 44.8. The van der Waals surface area contributed by atoms with Gasteiger partial charge in [0.15, 0.2) is 0 Å². The Hall–Kier alpha value is -2.26. The van der Waals surface area contributed by atoms with Gasteiger partial charge in [-0.1, -0.05) is 23.9 Å². The molecule has 0 saturated heterocycles. The molecule has 0 unspecified atom stereocenters. The standard InChI is InChI=1S/C16H11F3N2O2S2/c1-23-15(22)8-7-24-14-9(16(17,18)19)6-12(21-13(8)14)25-11-5-3-2-4-10(11)20/h2-7H,20H2,1H3. The number of anilines is 1. The summed E-state index contributed by atoms with van der Waals surface area (Å²) in [5.41, 5.74) is 5.42. The molecule has 25 heavy (non-hydrogen) atoms. The number of hydrogen-bond acceptors (Lipinski definition) is 6. The number of nitrogens with two attached hydrogens (primary N) is 1. The molecule has 130 valence electrons. The summed E-state index contributed by atoms with van der Waals surface area (Å²) in [6.45, 7) is 0. The third-order valence-corrected chi connectivity index (χ3v) is 5.36. The van der Waals surface area contributed by atoms with Crippen molar-refractivity contribution in [3.8, 4) is 0 Å². The zero-order chi connectivity index (χ0) is 18.2. The minimum Gasteiger partial charge on any atom is -0.465 e. The van der Waals surface area contributed by atoms with E-state index < -0.39 is 17.7 Å². The normalized spacial score (nSPS) is 11.7. The van der Waals surface area contributed by atoms with Gasteiger partial charge in [-0.3, -0.25) is 0 Å². The molecule has 9 heteroatoms. The summed E-state index contributed by atoms with van der Waals surface area (Å²) in [7, 11) is 1.17. The summed E-state index contributed by atoms with van der Waals surface area (Å²) in [6.07, 6.45) is -4.57. The van der Waals surface area contributed by atoms with Gasteiger partial charge >= 0.3 is 12.1 Å². The Morgan fingerprint density at radius 1 is 1.32 bits per heavy atom. The van der Waals surface area contributed by atoms with Gasteiger partial charge in [-0.15, -0.1) is 11.3 Å². The number of alkyl halides is 3. The fourth-order valence-electron chi connectivity index (χ4n) is 2.19. The van der Waals surface area contributed by atoms with Crippen LogP contribution in [0.1, 0.15) is 15.9 Å². The zero-order valence-electron chi connectivity index (χ0n) is 12.8. The molecular weight excluding hydrogens is 373 g/mol. The van der Waals surface area contributed by atoms with Crippen molar-refractivity contribution >= 4 is 45.0 Å². The monoisotopic (exact) mass is 384 g/mol. The molecule has 0 aliphatic carbocycles. The molecule has 0 aliphatic heterocycles. The lowest BCUT2D eigenvalue weighted by Crippen LogP contribution is -2.07. The molecule has 0 spiro atoms. The lowest BCUT2D eigenvalue weighted by molar-refractivity contribution is -0.136. The number of benzene rings is 1. The molecule has 0 radical (unpaired) electrons. The highest BCUT2D eigenvalue weighted by molar-refractivity contribution is 7.99. The molecular formula is C16H11F3N2O2S2. The van der Waals surface area contributed by atoms with Crippen LogP contribution >= 0.6 is 23.1 Å². The minimum absolute atomic E-state index is 0.0106. The van der Waals surface area contributed by atoms with Crippen LogP contribution in [0, 0.1) is 0 Å². The van der Waals surface area contributed by atoms with Crippen LogP contribution in [0.25, 0.3) is 10.2 Å². The maximum atomic E-state index is 13.4. The Balaban J connectivity index is 2.19. The second-order valence-electron chi connectivity index (χ2n) is 4.96. The molecule has 2 heterocycles. The number of ether oxygens (including phenoxy) is 1. The highest BCUT2D eigenvalue weighted by Crippen LogP contribution is 2.42. The molecule has 2 aromatic heterocycles. The van der Waals surface area contributed by atoms with Crippen molar-refractivity contribution < 1.29 is 22.7 Å². The van der Waals surface area contributed by atoms with Crippen LogP contribution in [-0.2, 0) is 10.9 Å². The smallest absolute Gasteiger partial charge is 0.417 e. The Labute approximate surface area is 148 Å². The van der Waals surface area contributed by atoms with Gasteiger partial charge < -0.3 is 10.5 Å². The Morgan fingerprint density at radius 2 is 2.04 bits per heavy atom. The van der Waals surface area contributed by atoms with Crippen LogP contribution in [-0.4, -0.2) is 18.1 Å². The second-order valence-corrected chi connectivity index (χ2v) is 6.91. The van der Waals surface area contributed by atoms with Gasteiger partial charge in [0, 0.05) is 16.0 Å². The third-order valence-electron chi connectivity index (χ3n) is 3.34. The van der Waals surface area contributed by atoms with Gasteiger partial charge in [0.05, 0.1) is 28.5 Å². The molecule has 0 aliphatic rings. The van der Waals surface area contributed by atoms with Crippen LogP contribution in [0.2, 0.25) is 0 Å². The summed E-state index contributed by atoms with van der Waals surface area (Å²) in [5, 5.41) is 1.42. The predicted molar refractivity (Wildman–Crippen MR) is 90.9 cm³/mol. The number of rotatable bonds is 3. The summed E-state index contributed by atoms with van der Waals surface area (Å²) in [6, 6.07) is 7.76. The number of para-hydroxylation sites is 1. The van der Waals surface area contributed by atoms with Crippen molar-refractivity contribution in [3.63, 3.8) is 0 Å². The highest BCUT2D eigenvalue weighted by Gasteiger charge is 2.35. The van der Waals surface area contributed by atoms with E-state index in [4.69, 9.17) is 5.73 Å². The van der Waals surface area contributed by atoms with Gasteiger partial charge in [-0.25, -0.2) is 9.78 Å². The number of thiophene rings is 1. The van der Waals surface area contributed by atoms with Crippen molar-refractivity contribution in [1.82, 2.24) is 4.98 Å². The molecule has 2 N–H and O–H groups in total. The van der Waals surface area contributed by atoms with Gasteiger partial charge in [0.2, 0.25) is 0 Å². The fraction of sp³-hybridized carbons (Fsp3) is 0.125. The molecule has 4 nitrogen and oxygen atoms in total. The van der Waals surface area contributed by atoms with Crippen molar-refractivity contribution in [1.29, 1.82) is 0 Å². The molecule has 0 amide bonds. The zero-order valence-corrected chi connectivity index (χ0v) is 14.4. The number of esters is 1. The van der Waals surface area contributed by atoms with E-state index in [1.54, 1.807) is 24.3 Å². The van der Waals surface area contributed by atoms with Crippen LogP contribution in [0.4, 0.5) is 18.9 Å². The number of aromatic nitrogens is 1. The maximum absolute atomic E-state index is 13.4. The van der Waals surface area contributed by atoms with Crippen LogP contribution in [0.3, 0.4) is 0 Å². The van der Waals surface area contributed by atoms with Gasteiger partial charge in [0.25, 0.3) is 0 Å². The number of fused-ring (bicyclic) bond motifs is 1. The van der Waals surface area contributed by atoms with E-state index in [9.17, 15) is 18.0 Å². The average molecular weight is 384 g/mol. The van der Waals surface area contributed by atoms with Crippen molar-refractivity contribution in [2.24, 2.45) is 0 Å². The summed E-state index contributed by atoms with van der Waals surface area (Å²) in [5.74, 6) is -0.728. The van der Waals surface area contributed by atoms with Gasteiger partial charge in [0.1, 0.15) is 5.03 Å². The number of methoxy groups -OCH3 is 1. The van der Waals surface area contributed by atoms with E-state index in [1.807, 2.05) is 0 Å². The predicted octanol–water partition coefficient (Wildman–Crippen LogP) is 4.84. The first-order valence-electron chi connectivity index (χ1n) is 6.91. The number of carbonyl (C=O) groups excluding carboxylic acids is 1. The maximum Gasteiger partial charge on any atom is 0.417 e. The molecule has 0 atom stereocenters. The molecule has 3 rings (SSSR count). The van der Waals surface area contributed by atoms with Gasteiger partial charge in [-0.05, 0) is 18.2 Å². The lowest BCUT2D eigenvalue weighted by atomic mass is 10.2. The van der Waals surface area contributed by atoms with Crippen molar-refractivity contribution in [2.45, 2.75) is 16.1 Å². The first kappa shape index (κ1) is 17.6. The van der Waals surface area contributed by atoms with Crippen LogP contribution < -0.4 is 5.73 Å². The van der Waals surface area contributed by atoms with E-state index in [0.717, 1.165) is 29.2 Å². The van der Waals surface area contributed by atoms with Crippen LogP contribution in [0.15, 0.2) is 45.6 Å².